The van der Waals surface area contributed by atoms with E-state index in [0.717, 1.165) is 29.0 Å². The van der Waals surface area contributed by atoms with Crippen molar-refractivity contribution in [3.8, 4) is 0 Å². The summed E-state index contributed by atoms with van der Waals surface area (Å²) in [5.74, 6) is 0. The summed E-state index contributed by atoms with van der Waals surface area (Å²) in [5, 5.41) is 2.95. The number of nitrogens with zero attached hydrogens (tertiary/aromatic N) is 1. The highest BCUT2D eigenvalue weighted by Gasteiger charge is 2.30. The van der Waals surface area contributed by atoms with E-state index in [2.05, 4.69) is 5.32 Å². The van der Waals surface area contributed by atoms with Crippen molar-refractivity contribution < 1.29 is 4.79 Å². The average Bonchev–Trinajstić information content (AvgIpc) is 2.76. The Bertz CT molecular complexity index is 679. The van der Waals surface area contributed by atoms with E-state index >= 15 is 0 Å². The molecule has 1 unspecified atom stereocenters. The number of urea groups is 1. The quantitative estimate of drug-likeness (QED) is 0.785. The minimum Gasteiger partial charge on any atom is -0.399 e. The minimum absolute atomic E-state index is 0.102. The molecular formula is C17H19N3O. The Labute approximate surface area is 124 Å². The number of rotatable bonds is 1. The summed E-state index contributed by atoms with van der Waals surface area (Å²) in [4.78, 5) is 14.3. The predicted molar refractivity (Wildman–Crippen MR) is 86.7 cm³/mol. The van der Waals surface area contributed by atoms with E-state index in [4.69, 9.17) is 5.73 Å². The van der Waals surface area contributed by atoms with Crippen molar-refractivity contribution in [3.63, 3.8) is 0 Å². The highest BCUT2D eigenvalue weighted by molar-refractivity contribution is 6.03. The molecule has 4 nitrogen and oxygen atoms in total. The Balaban J connectivity index is 1.83. The van der Waals surface area contributed by atoms with E-state index in [1.165, 1.54) is 5.56 Å². The van der Waals surface area contributed by atoms with Crippen LogP contribution in [0, 0.1) is 6.92 Å². The lowest BCUT2D eigenvalue weighted by Crippen LogP contribution is -2.39. The number of carbonyl (C=O) groups is 1. The number of hydrogen-bond acceptors (Lipinski definition) is 2. The second-order valence-corrected chi connectivity index (χ2v) is 5.61. The van der Waals surface area contributed by atoms with Crippen molar-refractivity contribution in [2.75, 3.05) is 16.0 Å². The number of nitrogens with two attached hydrogens (primary N) is 1. The van der Waals surface area contributed by atoms with Gasteiger partial charge in [-0.2, -0.15) is 0 Å². The number of nitrogens with one attached hydrogen (secondary N) is 1. The van der Waals surface area contributed by atoms with Gasteiger partial charge in [0.15, 0.2) is 0 Å². The highest BCUT2D eigenvalue weighted by atomic mass is 16.2. The maximum Gasteiger partial charge on any atom is 0.326 e. The highest BCUT2D eigenvalue weighted by Crippen LogP contribution is 2.33. The van der Waals surface area contributed by atoms with Gasteiger partial charge in [-0.3, -0.25) is 4.90 Å². The normalized spacial score (nSPS) is 16.7. The van der Waals surface area contributed by atoms with Gasteiger partial charge in [-0.1, -0.05) is 17.7 Å². The standard InChI is InChI=1S/C17H19N3O/c1-11-3-6-15(7-4-11)19-17(21)20-12(2)9-13-10-14(18)5-8-16(13)20/h3-8,10,12H,9,18H2,1-2H3,(H,19,21). The lowest BCUT2D eigenvalue weighted by Gasteiger charge is -2.23. The van der Waals surface area contributed by atoms with Crippen LogP contribution in [0.25, 0.3) is 0 Å². The van der Waals surface area contributed by atoms with Gasteiger partial charge in [0.2, 0.25) is 0 Å². The van der Waals surface area contributed by atoms with Crippen LogP contribution in [-0.4, -0.2) is 12.1 Å². The topological polar surface area (TPSA) is 58.4 Å². The van der Waals surface area contributed by atoms with Crippen LogP contribution in [0.1, 0.15) is 18.1 Å². The Hall–Kier alpha value is -2.49. The summed E-state index contributed by atoms with van der Waals surface area (Å²) < 4.78 is 0. The fourth-order valence-electron chi connectivity index (χ4n) is 2.78. The van der Waals surface area contributed by atoms with E-state index in [-0.39, 0.29) is 12.1 Å². The van der Waals surface area contributed by atoms with Gasteiger partial charge >= 0.3 is 6.03 Å². The van der Waals surface area contributed by atoms with Gasteiger partial charge in [-0.15, -0.1) is 0 Å². The molecule has 1 atom stereocenters. The average molecular weight is 281 g/mol. The Morgan fingerprint density at radius 1 is 1.24 bits per heavy atom. The lowest BCUT2D eigenvalue weighted by atomic mass is 10.1. The Kier molecular flexibility index (Phi) is 3.29. The molecule has 0 bridgehead atoms. The molecule has 21 heavy (non-hydrogen) atoms. The molecule has 0 aliphatic carbocycles. The summed E-state index contributed by atoms with van der Waals surface area (Å²) in [6, 6.07) is 13.5. The maximum atomic E-state index is 12.5. The SMILES string of the molecule is Cc1ccc(NC(=O)N2c3ccc(N)cc3CC2C)cc1. The number of amides is 2. The molecule has 0 saturated heterocycles. The van der Waals surface area contributed by atoms with Crippen molar-refractivity contribution >= 4 is 23.1 Å². The van der Waals surface area contributed by atoms with Crippen LogP contribution in [0.5, 0.6) is 0 Å². The molecule has 4 heteroatoms. The second kappa shape index (κ2) is 5.13. The number of carbonyl (C=O) groups excluding carboxylic acids is 1. The number of hydrogen-bond donors (Lipinski definition) is 2. The minimum atomic E-state index is -0.102. The molecule has 2 aromatic carbocycles. The Morgan fingerprint density at radius 3 is 2.67 bits per heavy atom. The van der Waals surface area contributed by atoms with Crippen molar-refractivity contribution in [1.82, 2.24) is 0 Å². The summed E-state index contributed by atoms with van der Waals surface area (Å²) in [5.41, 5.74) is 10.6. The van der Waals surface area contributed by atoms with Crippen molar-refractivity contribution in [2.24, 2.45) is 0 Å². The molecule has 0 fully saturated rings. The van der Waals surface area contributed by atoms with Crippen LogP contribution in [0.3, 0.4) is 0 Å². The van der Waals surface area contributed by atoms with E-state index < -0.39 is 0 Å². The zero-order valence-electron chi connectivity index (χ0n) is 12.3. The molecule has 1 aliphatic rings. The fourth-order valence-corrected chi connectivity index (χ4v) is 2.78. The van der Waals surface area contributed by atoms with Gasteiger partial charge in [-0.25, -0.2) is 4.79 Å². The molecule has 0 radical (unpaired) electrons. The number of aryl methyl sites for hydroxylation is 1. The van der Waals surface area contributed by atoms with Crippen LogP contribution in [0.15, 0.2) is 42.5 Å². The first-order valence-electron chi connectivity index (χ1n) is 7.10. The van der Waals surface area contributed by atoms with Gasteiger partial charge in [0, 0.05) is 23.1 Å². The van der Waals surface area contributed by atoms with E-state index in [1.807, 2.05) is 56.3 Å². The summed E-state index contributed by atoms with van der Waals surface area (Å²) >= 11 is 0. The smallest absolute Gasteiger partial charge is 0.326 e. The number of nitrogen functional groups attached to an aromatic ring is 1. The molecule has 1 heterocycles. The van der Waals surface area contributed by atoms with Crippen molar-refractivity contribution in [1.29, 1.82) is 0 Å². The molecule has 3 rings (SSSR count). The number of benzene rings is 2. The van der Waals surface area contributed by atoms with Crippen LogP contribution in [0.4, 0.5) is 21.9 Å². The Morgan fingerprint density at radius 2 is 1.95 bits per heavy atom. The first-order chi connectivity index (χ1) is 10.0. The lowest BCUT2D eigenvalue weighted by molar-refractivity contribution is 0.256. The number of anilines is 3. The van der Waals surface area contributed by atoms with Crippen molar-refractivity contribution in [3.05, 3.63) is 53.6 Å². The largest absolute Gasteiger partial charge is 0.399 e. The predicted octanol–water partition coefficient (Wildman–Crippen LogP) is 3.56. The molecular weight excluding hydrogens is 262 g/mol. The monoisotopic (exact) mass is 281 g/mol. The molecule has 2 aromatic rings. The third-order valence-corrected chi connectivity index (χ3v) is 3.84. The fraction of sp³-hybridized carbons (Fsp3) is 0.235. The third kappa shape index (κ3) is 2.57. The molecule has 3 N–H and O–H groups in total. The summed E-state index contributed by atoms with van der Waals surface area (Å²) in [6.07, 6.45) is 0.835. The van der Waals surface area contributed by atoms with Gasteiger partial charge < -0.3 is 11.1 Å². The van der Waals surface area contributed by atoms with Gasteiger partial charge in [-0.05, 0) is 56.2 Å². The summed E-state index contributed by atoms with van der Waals surface area (Å²) in [7, 11) is 0. The molecule has 1 aliphatic heterocycles. The third-order valence-electron chi connectivity index (χ3n) is 3.84. The van der Waals surface area contributed by atoms with Gasteiger partial charge in [0.1, 0.15) is 0 Å². The maximum absolute atomic E-state index is 12.5. The molecule has 0 spiro atoms. The zero-order chi connectivity index (χ0) is 15.0. The van der Waals surface area contributed by atoms with Crippen LogP contribution < -0.4 is 16.0 Å². The first-order valence-corrected chi connectivity index (χ1v) is 7.10. The molecule has 108 valence electrons. The van der Waals surface area contributed by atoms with Crippen molar-refractivity contribution in [2.45, 2.75) is 26.3 Å². The second-order valence-electron chi connectivity index (χ2n) is 5.61. The summed E-state index contributed by atoms with van der Waals surface area (Å²) in [6.45, 7) is 4.07. The molecule has 0 aromatic heterocycles. The first kappa shape index (κ1) is 13.5. The van der Waals surface area contributed by atoms with Gasteiger partial charge in [0.25, 0.3) is 0 Å². The van der Waals surface area contributed by atoms with Crippen LogP contribution >= 0.6 is 0 Å². The zero-order valence-corrected chi connectivity index (χ0v) is 12.3. The van der Waals surface area contributed by atoms with E-state index in [1.54, 1.807) is 4.90 Å². The van der Waals surface area contributed by atoms with Crippen LogP contribution in [0.2, 0.25) is 0 Å². The van der Waals surface area contributed by atoms with Gasteiger partial charge in [0.05, 0.1) is 0 Å². The van der Waals surface area contributed by atoms with E-state index in [9.17, 15) is 4.79 Å². The van der Waals surface area contributed by atoms with E-state index in [0.29, 0.717) is 0 Å². The number of fused-ring (bicyclic) bond motifs is 1. The van der Waals surface area contributed by atoms with Crippen LogP contribution in [-0.2, 0) is 6.42 Å². The molecule has 2 amide bonds. The molecule has 0 saturated carbocycles.